The van der Waals surface area contributed by atoms with E-state index < -0.39 is 17.9 Å². The molecule has 3 aromatic rings. The van der Waals surface area contributed by atoms with Gasteiger partial charge < -0.3 is 4.74 Å². The Bertz CT molecular complexity index is 1200. The summed E-state index contributed by atoms with van der Waals surface area (Å²) in [4.78, 5) is 17.3. The van der Waals surface area contributed by atoms with E-state index in [0.717, 1.165) is 6.42 Å². The third kappa shape index (κ3) is 5.07. The molecular formula is C26H23Cl2F3N2O2. The zero-order valence-electron chi connectivity index (χ0n) is 19.0. The Morgan fingerprint density at radius 1 is 0.943 bits per heavy atom. The minimum atomic E-state index is -4.83. The maximum atomic E-state index is 14.0. The molecule has 4 nitrogen and oxygen atoms in total. The van der Waals surface area contributed by atoms with Crippen LogP contribution in [-0.4, -0.2) is 17.9 Å². The number of rotatable bonds is 6. The first-order valence-electron chi connectivity index (χ1n) is 11.0. The third-order valence-corrected chi connectivity index (χ3v) is 6.61. The number of benzene rings is 3. The van der Waals surface area contributed by atoms with Crippen molar-refractivity contribution in [3.63, 3.8) is 0 Å². The molecule has 2 atom stereocenters. The molecule has 4 rings (SSSR count). The largest absolute Gasteiger partial charge is 0.573 e. The monoisotopic (exact) mass is 522 g/mol. The average molecular weight is 523 g/mol. The fourth-order valence-electron chi connectivity index (χ4n) is 4.84. The molecule has 1 fully saturated rings. The van der Waals surface area contributed by atoms with Gasteiger partial charge in [0.25, 0.3) is 0 Å². The molecule has 1 saturated heterocycles. The molecule has 0 bridgehead atoms. The van der Waals surface area contributed by atoms with Crippen LogP contribution in [0.25, 0.3) is 0 Å². The second-order valence-corrected chi connectivity index (χ2v) is 9.44. The van der Waals surface area contributed by atoms with Gasteiger partial charge >= 0.3 is 12.4 Å². The lowest BCUT2D eigenvalue weighted by Gasteiger charge is -2.39. The van der Waals surface area contributed by atoms with E-state index in [2.05, 4.69) is 4.74 Å². The normalized spacial score (nSPS) is 20.4. The Kier molecular flexibility index (Phi) is 6.93. The first-order valence-corrected chi connectivity index (χ1v) is 11.8. The van der Waals surface area contributed by atoms with Gasteiger partial charge in [0.05, 0.1) is 11.6 Å². The van der Waals surface area contributed by atoms with E-state index >= 15 is 0 Å². The van der Waals surface area contributed by atoms with Crippen LogP contribution >= 0.6 is 23.2 Å². The van der Waals surface area contributed by atoms with Crippen LogP contribution in [0, 0.1) is 0 Å². The lowest BCUT2D eigenvalue weighted by Crippen LogP contribution is -2.46. The number of amides is 2. The zero-order chi connectivity index (χ0) is 25.4. The fraction of sp³-hybridized carbons (Fsp3) is 0.269. The van der Waals surface area contributed by atoms with Crippen LogP contribution in [0.2, 0.25) is 10.0 Å². The first kappa shape index (κ1) is 25.2. The van der Waals surface area contributed by atoms with Crippen molar-refractivity contribution in [2.24, 2.45) is 0 Å². The summed E-state index contributed by atoms with van der Waals surface area (Å²) in [6.45, 7) is 3.95. The molecule has 0 N–H and O–H groups in total. The summed E-state index contributed by atoms with van der Waals surface area (Å²) in [5.74, 6) is -0.345. The number of halogens is 5. The molecule has 2 amide bonds. The van der Waals surface area contributed by atoms with Crippen LogP contribution in [0.3, 0.4) is 0 Å². The summed E-state index contributed by atoms with van der Waals surface area (Å²) in [6.07, 6.45) is -3.51. The Balaban J connectivity index is 1.91. The Morgan fingerprint density at radius 2 is 1.51 bits per heavy atom. The number of carbonyl (C=O) groups is 1. The van der Waals surface area contributed by atoms with Crippen molar-refractivity contribution in [2.75, 3.05) is 9.80 Å². The Hall–Kier alpha value is -2.90. The van der Waals surface area contributed by atoms with Crippen molar-refractivity contribution in [3.05, 3.63) is 88.4 Å². The van der Waals surface area contributed by atoms with E-state index in [-0.39, 0.29) is 11.8 Å². The molecule has 9 heteroatoms. The number of urea groups is 1. The van der Waals surface area contributed by atoms with E-state index in [9.17, 15) is 18.0 Å². The highest BCUT2D eigenvalue weighted by Gasteiger charge is 2.55. The molecule has 1 unspecified atom stereocenters. The van der Waals surface area contributed by atoms with Gasteiger partial charge in [-0.25, -0.2) is 4.79 Å². The number of anilines is 2. The topological polar surface area (TPSA) is 32.8 Å². The SMILES string of the molecule is CCC[C@@]1(C)C(c2cccc(OC(F)(F)F)c2)N(c2ccc(Cl)cc2)C(=O)N1c1ccc(Cl)cc1. The summed E-state index contributed by atoms with van der Waals surface area (Å²) in [7, 11) is 0. The molecular weight excluding hydrogens is 500 g/mol. The number of hydrogen-bond acceptors (Lipinski definition) is 2. The third-order valence-electron chi connectivity index (χ3n) is 6.11. The van der Waals surface area contributed by atoms with Crippen molar-refractivity contribution >= 4 is 40.6 Å². The van der Waals surface area contributed by atoms with Gasteiger partial charge in [-0.1, -0.05) is 48.7 Å². The van der Waals surface area contributed by atoms with Gasteiger partial charge in [0.15, 0.2) is 0 Å². The molecule has 3 aromatic carbocycles. The van der Waals surface area contributed by atoms with E-state index in [4.69, 9.17) is 23.2 Å². The van der Waals surface area contributed by atoms with Gasteiger partial charge in [0.2, 0.25) is 0 Å². The number of hydrogen-bond donors (Lipinski definition) is 0. The highest BCUT2D eigenvalue weighted by molar-refractivity contribution is 6.31. The summed E-state index contributed by atoms with van der Waals surface area (Å²) in [5.41, 5.74) is 0.920. The lowest BCUT2D eigenvalue weighted by molar-refractivity contribution is -0.274. The van der Waals surface area contributed by atoms with Gasteiger partial charge in [-0.2, -0.15) is 0 Å². The van der Waals surface area contributed by atoms with E-state index in [1.165, 1.54) is 18.2 Å². The molecule has 0 saturated carbocycles. The number of nitrogens with zero attached hydrogens (tertiary/aromatic N) is 2. The lowest BCUT2D eigenvalue weighted by atomic mass is 9.82. The van der Waals surface area contributed by atoms with Gasteiger partial charge in [0.1, 0.15) is 5.75 Å². The summed E-state index contributed by atoms with van der Waals surface area (Å²) >= 11 is 12.2. The minimum Gasteiger partial charge on any atom is -0.406 e. The maximum absolute atomic E-state index is 14.0. The number of carbonyl (C=O) groups excluding carboxylic acids is 1. The van der Waals surface area contributed by atoms with Crippen LogP contribution < -0.4 is 14.5 Å². The highest BCUT2D eigenvalue weighted by atomic mass is 35.5. The van der Waals surface area contributed by atoms with Gasteiger partial charge in [-0.05, 0) is 79.6 Å². The Morgan fingerprint density at radius 3 is 2.06 bits per heavy atom. The van der Waals surface area contributed by atoms with Crippen molar-refractivity contribution in [1.82, 2.24) is 0 Å². The predicted octanol–water partition coefficient (Wildman–Crippen LogP) is 8.64. The molecule has 0 spiro atoms. The van der Waals surface area contributed by atoms with Crippen LogP contribution in [0.4, 0.5) is 29.3 Å². The maximum Gasteiger partial charge on any atom is 0.573 e. The summed E-state index contributed by atoms with van der Waals surface area (Å²) in [6, 6.07) is 18.6. The van der Waals surface area contributed by atoms with Crippen molar-refractivity contribution in [1.29, 1.82) is 0 Å². The smallest absolute Gasteiger partial charge is 0.406 e. The predicted molar refractivity (Wildman–Crippen MR) is 132 cm³/mol. The van der Waals surface area contributed by atoms with E-state index in [1.807, 2.05) is 13.8 Å². The van der Waals surface area contributed by atoms with E-state index in [1.54, 1.807) is 64.4 Å². The van der Waals surface area contributed by atoms with Gasteiger partial charge in [0, 0.05) is 21.4 Å². The molecule has 1 heterocycles. The van der Waals surface area contributed by atoms with Crippen molar-refractivity contribution in [2.45, 2.75) is 44.6 Å². The molecule has 0 radical (unpaired) electrons. The zero-order valence-corrected chi connectivity index (χ0v) is 20.5. The van der Waals surface area contributed by atoms with Crippen molar-refractivity contribution in [3.8, 4) is 5.75 Å². The first-order chi connectivity index (χ1) is 16.5. The number of alkyl halides is 3. The second-order valence-electron chi connectivity index (χ2n) is 8.57. The minimum absolute atomic E-state index is 0.308. The van der Waals surface area contributed by atoms with Crippen LogP contribution in [0.15, 0.2) is 72.8 Å². The second kappa shape index (κ2) is 9.63. The van der Waals surface area contributed by atoms with Crippen LogP contribution in [-0.2, 0) is 0 Å². The van der Waals surface area contributed by atoms with E-state index in [0.29, 0.717) is 33.4 Å². The summed E-state index contributed by atoms with van der Waals surface area (Å²) in [5, 5.41) is 1.03. The fourth-order valence-corrected chi connectivity index (χ4v) is 5.09. The molecule has 0 aliphatic carbocycles. The van der Waals surface area contributed by atoms with Crippen LogP contribution in [0.1, 0.15) is 38.3 Å². The molecule has 1 aliphatic heterocycles. The quantitative estimate of drug-likeness (QED) is 0.324. The summed E-state index contributed by atoms with van der Waals surface area (Å²) < 4.78 is 43.1. The van der Waals surface area contributed by atoms with Gasteiger partial charge in [-0.3, -0.25) is 9.80 Å². The van der Waals surface area contributed by atoms with Crippen molar-refractivity contribution < 1.29 is 22.7 Å². The molecule has 184 valence electrons. The molecule has 0 aromatic heterocycles. The van der Waals surface area contributed by atoms with Gasteiger partial charge in [-0.15, -0.1) is 13.2 Å². The standard InChI is InChI=1S/C26H23Cl2F3N2O2/c1-3-15-25(2)23(17-5-4-6-22(16-17)35-26(29,30)31)32(20-11-7-18(27)8-12-20)24(34)33(25)21-13-9-19(28)10-14-21/h4-14,16,23H,3,15H2,1-2H3/t23?,25-/m0/s1. The highest BCUT2D eigenvalue weighted by Crippen LogP contribution is 2.50. The Labute approximate surface area is 211 Å². The molecule has 35 heavy (non-hydrogen) atoms. The average Bonchev–Trinajstić information content (AvgIpc) is 3.01. The molecule has 1 aliphatic rings. The number of ether oxygens (including phenoxy) is 1. The van der Waals surface area contributed by atoms with Crippen LogP contribution in [0.5, 0.6) is 5.75 Å².